The number of hydrogen-bond acceptors (Lipinski definition) is 7. The molecule has 2 saturated heterocycles. The quantitative estimate of drug-likeness (QED) is 0.855. The minimum Gasteiger partial charge on any atom is -0.393 e. The Balaban J connectivity index is 1.38. The van der Waals surface area contributed by atoms with Crippen molar-refractivity contribution < 1.29 is 5.11 Å². The number of aromatic nitrogens is 4. The third-order valence-electron chi connectivity index (χ3n) is 5.63. The zero-order valence-electron chi connectivity index (χ0n) is 15.4. The van der Waals surface area contributed by atoms with Crippen molar-refractivity contribution >= 4 is 11.3 Å². The number of aliphatic hydroxyl groups excluding tert-OH is 1. The lowest BCUT2D eigenvalue weighted by Gasteiger charge is -2.31. The van der Waals surface area contributed by atoms with E-state index in [2.05, 4.69) is 36.6 Å². The third-order valence-corrected chi connectivity index (χ3v) is 6.40. The van der Waals surface area contributed by atoms with Crippen molar-refractivity contribution in [2.24, 2.45) is 7.05 Å². The molecule has 0 saturated carbocycles. The summed E-state index contributed by atoms with van der Waals surface area (Å²) in [5.74, 6) is 2.59. The molecule has 1 atom stereocenters. The Hall–Kier alpha value is -1.35. The highest BCUT2D eigenvalue weighted by atomic mass is 32.1. The summed E-state index contributed by atoms with van der Waals surface area (Å²) < 4.78 is 2.20. The van der Waals surface area contributed by atoms with Gasteiger partial charge in [-0.1, -0.05) is 0 Å². The molecule has 4 rings (SSSR count). The number of hydrogen-bond donors (Lipinski definition) is 1. The van der Waals surface area contributed by atoms with Crippen LogP contribution in [0, 0.1) is 0 Å². The van der Waals surface area contributed by atoms with Crippen molar-refractivity contribution in [1.82, 2.24) is 29.5 Å². The molecule has 0 radical (unpaired) electrons. The van der Waals surface area contributed by atoms with Crippen LogP contribution in [-0.4, -0.2) is 66.9 Å². The van der Waals surface area contributed by atoms with Crippen molar-refractivity contribution in [1.29, 1.82) is 0 Å². The minimum absolute atomic E-state index is 0.132. The molecule has 4 heterocycles. The van der Waals surface area contributed by atoms with Crippen LogP contribution in [0.25, 0.3) is 0 Å². The first-order chi connectivity index (χ1) is 12.7. The van der Waals surface area contributed by atoms with Crippen LogP contribution >= 0.6 is 11.3 Å². The number of nitrogens with zero attached hydrogens (tertiary/aromatic N) is 6. The van der Waals surface area contributed by atoms with Gasteiger partial charge in [-0.3, -0.25) is 9.80 Å². The molecule has 8 heteroatoms. The van der Waals surface area contributed by atoms with Crippen LogP contribution in [0.15, 0.2) is 11.6 Å². The molecular weight excluding hydrogens is 348 g/mol. The summed E-state index contributed by atoms with van der Waals surface area (Å²) in [4.78, 5) is 9.29. The third kappa shape index (κ3) is 4.14. The minimum atomic E-state index is -0.132. The van der Waals surface area contributed by atoms with E-state index >= 15 is 0 Å². The second-order valence-corrected chi connectivity index (χ2v) is 8.52. The Morgan fingerprint density at radius 1 is 1.12 bits per heavy atom. The monoisotopic (exact) mass is 376 g/mol. The smallest absolute Gasteiger partial charge is 0.146 e. The highest BCUT2D eigenvalue weighted by molar-refractivity contribution is 7.09. The maximum atomic E-state index is 9.67. The molecule has 2 aliphatic heterocycles. The maximum Gasteiger partial charge on any atom is 0.146 e. The van der Waals surface area contributed by atoms with E-state index in [0.29, 0.717) is 5.92 Å². The van der Waals surface area contributed by atoms with Crippen LogP contribution in [0.4, 0.5) is 0 Å². The summed E-state index contributed by atoms with van der Waals surface area (Å²) in [6.45, 7) is 5.81. The van der Waals surface area contributed by atoms with Gasteiger partial charge >= 0.3 is 0 Å². The zero-order chi connectivity index (χ0) is 17.9. The second kappa shape index (κ2) is 8.12. The normalized spacial score (nSPS) is 23.5. The van der Waals surface area contributed by atoms with Crippen LogP contribution in [-0.2, 0) is 20.1 Å². The van der Waals surface area contributed by atoms with Crippen molar-refractivity contribution in [3.8, 4) is 0 Å². The summed E-state index contributed by atoms with van der Waals surface area (Å²) in [5, 5.41) is 21.9. The molecule has 2 aromatic rings. The van der Waals surface area contributed by atoms with E-state index in [4.69, 9.17) is 0 Å². The molecule has 26 heavy (non-hydrogen) atoms. The van der Waals surface area contributed by atoms with E-state index in [-0.39, 0.29) is 6.10 Å². The van der Waals surface area contributed by atoms with Gasteiger partial charge in [-0.2, -0.15) is 0 Å². The molecule has 0 spiro atoms. The lowest BCUT2D eigenvalue weighted by atomic mass is 9.97. The lowest BCUT2D eigenvalue weighted by molar-refractivity contribution is 0.0775. The summed E-state index contributed by atoms with van der Waals surface area (Å²) in [5.41, 5.74) is 0. The van der Waals surface area contributed by atoms with Gasteiger partial charge in [0.2, 0.25) is 0 Å². The number of piperidine rings is 2. The number of likely N-dealkylation sites (tertiary alicyclic amines) is 2. The highest BCUT2D eigenvalue weighted by Crippen LogP contribution is 2.27. The molecule has 1 unspecified atom stereocenters. The van der Waals surface area contributed by atoms with E-state index < -0.39 is 0 Å². The van der Waals surface area contributed by atoms with Gasteiger partial charge in [0.25, 0.3) is 0 Å². The van der Waals surface area contributed by atoms with Crippen LogP contribution in [0.3, 0.4) is 0 Å². The Labute approximate surface area is 158 Å². The fourth-order valence-corrected chi connectivity index (χ4v) is 4.74. The van der Waals surface area contributed by atoms with Crippen molar-refractivity contribution in [3.05, 3.63) is 28.2 Å². The first kappa shape index (κ1) is 18.0. The summed E-state index contributed by atoms with van der Waals surface area (Å²) >= 11 is 1.73. The molecule has 2 aromatic heterocycles. The Kier molecular flexibility index (Phi) is 5.63. The topological polar surface area (TPSA) is 70.3 Å². The summed E-state index contributed by atoms with van der Waals surface area (Å²) in [7, 11) is 2.10. The fourth-order valence-electron chi connectivity index (χ4n) is 4.08. The van der Waals surface area contributed by atoms with Gasteiger partial charge in [-0.25, -0.2) is 4.98 Å². The average Bonchev–Trinajstić information content (AvgIpc) is 3.28. The predicted octanol–water partition coefficient (Wildman–Crippen LogP) is 1.61. The number of thiazole rings is 1. The molecular formula is C18H28N6OS. The van der Waals surface area contributed by atoms with E-state index in [1.807, 2.05) is 11.6 Å². The van der Waals surface area contributed by atoms with Crippen LogP contribution < -0.4 is 0 Å². The van der Waals surface area contributed by atoms with Crippen molar-refractivity contribution in [2.75, 3.05) is 26.2 Å². The molecule has 0 aliphatic carbocycles. The molecule has 7 nitrogen and oxygen atoms in total. The fraction of sp³-hybridized carbons (Fsp3) is 0.722. The van der Waals surface area contributed by atoms with Crippen molar-refractivity contribution in [2.45, 2.75) is 50.8 Å². The van der Waals surface area contributed by atoms with Gasteiger partial charge in [0.15, 0.2) is 0 Å². The molecule has 0 aromatic carbocycles. The Morgan fingerprint density at radius 3 is 2.73 bits per heavy atom. The van der Waals surface area contributed by atoms with E-state index in [1.54, 1.807) is 11.3 Å². The first-order valence-corrected chi connectivity index (χ1v) is 10.5. The Bertz CT molecular complexity index is 695. The predicted molar refractivity (Wildman–Crippen MR) is 101 cm³/mol. The lowest BCUT2D eigenvalue weighted by Crippen LogP contribution is -2.36. The van der Waals surface area contributed by atoms with Crippen LogP contribution in [0.1, 0.15) is 48.3 Å². The van der Waals surface area contributed by atoms with Gasteiger partial charge in [0.1, 0.15) is 16.7 Å². The number of aliphatic hydroxyl groups is 1. The standard InChI is InChI=1S/C18H28N6OS/c1-22-16(12-23-8-4-15(25)5-9-23)20-21-18(22)14-3-2-7-24(11-14)13-17-19-6-10-26-17/h6,10,14-15,25H,2-5,7-9,11-13H2,1H3. The highest BCUT2D eigenvalue weighted by Gasteiger charge is 2.27. The summed E-state index contributed by atoms with van der Waals surface area (Å²) in [6.07, 6.45) is 5.85. The van der Waals surface area contributed by atoms with Gasteiger partial charge in [-0.15, -0.1) is 21.5 Å². The molecule has 2 aliphatic rings. The number of rotatable bonds is 5. The summed E-state index contributed by atoms with van der Waals surface area (Å²) in [6, 6.07) is 0. The zero-order valence-corrected chi connectivity index (χ0v) is 16.2. The molecule has 1 N–H and O–H groups in total. The first-order valence-electron chi connectivity index (χ1n) is 9.58. The van der Waals surface area contributed by atoms with Crippen LogP contribution in [0.5, 0.6) is 0 Å². The van der Waals surface area contributed by atoms with Crippen LogP contribution in [0.2, 0.25) is 0 Å². The van der Waals surface area contributed by atoms with Gasteiger partial charge in [0.05, 0.1) is 19.2 Å². The average molecular weight is 377 g/mol. The second-order valence-electron chi connectivity index (χ2n) is 7.54. The van der Waals surface area contributed by atoms with Gasteiger partial charge in [-0.05, 0) is 32.2 Å². The SMILES string of the molecule is Cn1c(CN2CCC(O)CC2)nnc1C1CCCN(Cc2nccs2)C1. The van der Waals surface area contributed by atoms with Gasteiger partial charge < -0.3 is 9.67 Å². The van der Waals surface area contributed by atoms with E-state index in [9.17, 15) is 5.11 Å². The van der Waals surface area contributed by atoms with E-state index in [1.165, 1.54) is 17.8 Å². The Morgan fingerprint density at radius 2 is 1.96 bits per heavy atom. The molecule has 0 bridgehead atoms. The molecule has 0 amide bonds. The van der Waals surface area contributed by atoms with Gasteiger partial charge in [0, 0.05) is 44.2 Å². The largest absolute Gasteiger partial charge is 0.393 e. The maximum absolute atomic E-state index is 9.67. The molecule has 2 fully saturated rings. The molecule has 142 valence electrons. The van der Waals surface area contributed by atoms with E-state index in [0.717, 1.165) is 63.8 Å². The van der Waals surface area contributed by atoms with Crippen molar-refractivity contribution in [3.63, 3.8) is 0 Å².